The van der Waals surface area contributed by atoms with E-state index < -0.39 is 0 Å². The molecule has 0 amide bonds. The van der Waals surface area contributed by atoms with Crippen LogP contribution in [0, 0.1) is 5.82 Å². The van der Waals surface area contributed by atoms with Gasteiger partial charge < -0.3 is 0 Å². The lowest BCUT2D eigenvalue weighted by Crippen LogP contribution is -2.11. The Morgan fingerprint density at radius 1 is 1.07 bits per heavy atom. The Morgan fingerprint density at radius 2 is 1.73 bits per heavy atom. The molecule has 1 aromatic heterocycles. The highest BCUT2D eigenvalue weighted by Crippen LogP contribution is 2.27. The molecule has 0 unspecified atom stereocenters. The zero-order valence-electron chi connectivity index (χ0n) is 9.08. The van der Waals surface area contributed by atoms with Crippen LogP contribution in [0.15, 0.2) is 24.5 Å². The maximum atomic E-state index is 13.7. The Balaban J connectivity index is 2.73. The van der Waals surface area contributed by atoms with Gasteiger partial charge in [0.25, 0.3) is 0 Å². The lowest BCUT2D eigenvalue weighted by atomic mass is 9.86. The second-order valence-corrected chi connectivity index (χ2v) is 4.70. The molecule has 2 nitrogen and oxygen atoms in total. The molecule has 0 bridgehead atoms. The van der Waals surface area contributed by atoms with E-state index >= 15 is 0 Å². The Bertz CT molecular complexity index is 500. The lowest BCUT2D eigenvalue weighted by molar-refractivity contribution is 0.576. The standard InChI is InChI=1S/C12H13FN2/c1-12(2,3)9-4-8-6-14-15-7-10(8)11(13)5-9/h4-7H,1-3H3. The molecule has 3 heteroatoms. The molecule has 78 valence electrons. The van der Waals surface area contributed by atoms with Gasteiger partial charge in [-0.1, -0.05) is 20.8 Å². The van der Waals surface area contributed by atoms with Crippen LogP contribution in [0.3, 0.4) is 0 Å². The third-order valence-electron chi connectivity index (χ3n) is 2.48. The van der Waals surface area contributed by atoms with Gasteiger partial charge in [-0.2, -0.15) is 10.2 Å². The maximum Gasteiger partial charge on any atom is 0.132 e. The first-order valence-electron chi connectivity index (χ1n) is 4.89. The molecule has 0 fully saturated rings. The molecule has 0 aliphatic carbocycles. The summed E-state index contributed by atoms with van der Waals surface area (Å²) in [6, 6.07) is 3.54. The molecule has 15 heavy (non-hydrogen) atoms. The summed E-state index contributed by atoms with van der Waals surface area (Å²) in [5.41, 5.74) is 0.915. The molecule has 0 aliphatic rings. The summed E-state index contributed by atoms with van der Waals surface area (Å²) >= 11 is 0. The number of nitrogens with zero attached hydrogens (tertiary/aromatic N) is 2. The van der Waals surface area contributed by atoms with Gasteiger partial charge in [-0.3, -0.25) is 0 Å². The number of halogens is 1. The van der Waals surface area contributed by atoms with Crippen molar-refractivity contribution in [3.8, 4) is 0 Å². The van der Waals surface area contributed by atoms with Gasteiger partial charge in [0.2, 0.25) is 0 Å². The molecule has 2 rings (SSSR count). The minimum absolute atomic E-state index is 0.0572. The predicted molar refractivity (Wildman–Crippen MR) is 58.2 cm³/mol. The van der Waals surface area contributed by atoms with Crippen molar-refractivity contribution in [1.82, 2.24) is 10.2 Å². The minimum atomic E-state index is -0.229. The molecule has 1 aromatic carbocycles. The van der Waals surface area contributed by atoms with Crippen LogP contribution in [0.2, 0.25) is 0 Å². The molecule has 0 atom stereocenters. The fraction of sp³-hybridized carbons (Fsp3) is 0.333. The average Bonchev–Trinajstić information content (AvgIpc) is 2.16. The van der Waals surface area contributed by atoms with Crippen molar-refractivity contribution in [2.75, 3.05) is 0 Å². The van der Waals surface area contributed by atoms with Crippen molar-refractivity contribution in [1.29, 1.82) is 0 Å². The quantitative estimate of drug-likeness (QED) is 0.659. The van der Waals surface area contributed by atoms with Crippen molar-refractivity contribution in [2.45, 2.75) is 26.2 Å². The number of hydrogen-bond donors (Lipinski definition) is 0. The second-order valence-electron chi connectivity index (χ2n) is 4.70. The second kappa shape index (κ2) is 3.26. The van der Waals surface area contributed by atoms with Gasteiger partial charge in [0.15, 0.2) is 0 Å². The first-order valence-corrected chi connectivity index (χ1v) is 4.89. The summed E-state index contributed by atoms with van der Waals surface area (Å²) in [5, 5.41) is 8.76. The highest BCUT2D eigenvalue weighted by atomic mass is 19.1. The highest BCUT2D eigenvalue weighted by molar-refractivity contribution is 5.82. The SMILES string of the molecule is CC(C)(C)c1cc(F)c2cnncc2c1. The van der Waals surface area contributed by atoms with Gasteiger partial charge in [0.05, 0.1) is 12.4 Å². The molecule has 0 radical (unpaired) electrons. The van der Waals surface area contributed by atoms with Gasteiger partial charge in [-0.05, 0) is 23.1 Å². The van der Waals surface area contributed by atoms with Crippen LogP contribution in [-0.2, 0) is 5.41 Å². The maximum absolute atomic E-state index is 13.7. The summed E-state index contributed by atoms with van der Waals surface area (Å²) < 4.78 is 13.7. The van der Waals surface area contributed by atoms with Crippen molar-refractivity contribution in [3.63, 3.8) is 0 Å². The fourth-order valence-corrected chi connectivity index (χ4v) is 1.50. The number of hydrogen-bond acceptors (Lipinski definition) is 2. The Hall–Kier alpha value is -1.51. The first kappa shape index (κ1) is 10.0. The summed E-state index contributed by atoms with van der Waals surface area (Å²) in [6.07, 6.45) is 3.05. The van der Waals surface area contributed by atoms with Gasteiger partial charge in [-0.15, -0.1) is 0 Å². The van der Waals surface area contributed by atoms with E-state index in [0.717, 1.165) is 10.9 Å². The van der Waals surface area contributed by atoms with Crippen LogP contribution in [0.5, 0.6) is 0 Å². The van der Waals surface area contributed by atoms with Crippen LogP contribution >= 0.6 is 0 Å². The normalized spacial score (nSPS) is 12.0. The molecule has 0 saturated heterocycles. The van der Waals surface area contributed by atoms with Gasteiger partial charge in [-0.25, -0.2) is 4.39 Å². The van der Waals surface area contributed by atoms with Crippen molar-refractivity contribution >= 4 is 10.8 Å². The Morgan fingerprint density at radius 3 is 2.40 bits per heavy atom. The summed E-state index contributed by atoms with van der Waals surface area (Å²) in [4.78, 5) is 0. The van der Waals surface area contributed by atoms with E-state index in [1.54, 1.807) is 12.3 Å². The molecule has 0 N–H and O–H groups in total. The van der Waals surface area contributed by atoms with E-state index in [-0.39, 0.29) is 11.2 Å². The molecule has 0 saturated carbocycles. The van der Waals surface area contributed by atoms with Crippen molar-refractivity contribution in [3.05, 3.63) is 35.9 Å². The van der Waals surface area contributed by atoms with Crippen LogP contribution in [-0.4, -0.2) is 10.2 Å². The largest absolute Gasteiger partial charge is 0.206 e. The topological polar surface area (TPSA) is 25.8 Å². The Kier molecular flexibility index (Phi) is 2.18. The third kappa shape index (κ3) is 1.82. The van der Waals surface area contributed by atoms with Crippen molar-refractivity contribution < 1.29 is 4.39 Å². The number of aromatic nitrogens is 2. The van der Waals surface area contributed by atoms with Gasteiger partial charge >= 0.3 is 0 Å². The molecule has 0 spiro atoms. The van der Waals surface area contributed by atoms with Crippen LogP contribution in [0.25, 0.3) is 10.8 Å². The number of benzene rings is 1. The molecule has 2 aromatic rings. The summed E-state index contributed by atoms with van der Waals surface area (Å²) in [6.45, 7) is 6.17. The third-order valence-corrected chi connectivity index (χ3v) is 2.48. The monoisotopic (exact) mass is 204 g/mol. The van der Waals surface area contributed by atoms with E-state index in [1.165, 1.54) is 6.20 Å². The van der Waals surface area contributed by atoms with Gasteiger partial charge in [0.1, 0.15) is 5.82 Å². The van der Waals surface area contributed by atoms with E-state index in [1.807, 2.05) is 6.07 Å². The van der Waals surface area contributed by atoms with E-state index in [9.17, 15) is 4.39 Å². The molecular weight excluding hydrogens is 191 g/mol. The average molecular weight is 204 g/mol. The molecule has 1 heterocycles. The van der Waals surface area contributed by atoms with Gasteiger partial charge in [0, 0.05) is 10.8 Å². The van der Waals surface area contributed by atoms with E-state index in [2.05, 4.69) is 31.0 Å². The number of rotatable bonds is 0. The predicted octanol–water partition coefficient (Wildman–Crippen LogP) is 3.07. The lowest BCUT2D eigenvalue weighted by Gasteiger charge is -2.19. The fourth-order valence-electron chi connectivity index (χ4n) is 1.50. The number of fused-ring (bicyclic) bond motifs is 1. The zero-order chi connectivity index (χ0) is 11.1. The smallest absolute Gasteiger partial charge is 0.132 e. The Labute approximate surface area is 88.1 Å². The van der Waals surface area contributed by atoms with Crippen LogP contribution < -0.4 is 0 Å². The van der Waals surface area contributed by atoms with Crippen LogP contribution in [0.4, 0.5) is 4.39 Å². The van der Waals surface area contributed by atoms with Crippen LogP contribution in [0.1, 0.15) is 26.3 Å². The van der Waals surface area contributed by atoms with E-state index in [0.29, 0.717) is 5.39 Å². The molecule has 0 aliphatic heterocycles. The summed E-state index contributed by atoms with van der Waals surface area (Å²) in [7, 11) is 0. The molecular formula is C12H13FN2. The van der Waals surface area contributed by atoms with E-state index in [4.69, 9.17) is 0 Å². The highest BCUT2D eigenvalue weighted by Gasteiger charge is 2.16. The summed E-state index contributed by atoms with van der Waals surface area (Å²) in [5.74, 6) is -0.229. The van der Waals surface area contributed by atoms with Crippen molar-refractivity contribution in [2.24, 2.45) is 0 Å². The minimum Gasteiger partial charge on any atom is -0.206 e. The zero-order valence-corrected chi connectivity index (χ0v) is 9.08. The first-order chi connectivity index (χ1) is 6.98.